The molecule has 2 aromatic rings. The van der Waals surface area contributed by atoms with Crippen molar-refractivity contribution < 1.29 is 28.7 Å². The van der Waals surface area contributed by atoms with Crippen molar-refractivity contribution in [2.24, 2.45) is 0 Å². The van der Waals surface area contributed by atoms with Crippen LogP contribution in [-0.4, -0.2) is 37.1 Å². The largest absolute Gasteiger partial charge is 0.493 e. The third-order valence-corrected chi connectivity index (χ3v) is 4.19. The van der Waals surface area contributed by atoms with Gasteiger partial charge in [0.1, 0.15) is 11.3 Å². The van der Waals surface area contributed by atoms with Crippen LogP contribution in [-0.2, 0) is 4.79 Å². The number of aryl methyl sites for hydroxylation is 2. The highest BCUT2D eigenvalue weighted by molar-refractivity contribution is 5.99. The number of carbonyl (C=O) groups is 2. The van der Waals surface area contributed by atoms with Gasteiger partial charge in [0.2, 0.25) is 0 Å². The highest BCUT2D eigenvalue weighted by Crippen LogP contribution is 2.34. The molecule has 0 aromatic heterocycles. The first-order valence-electron chi connectivity index (χ1n) is 9.05. The van der Waals surface area contributed by atoms with E-state index in [1.807, 2.05) is 19.9 Å². The number of nitrogens with one attached hydrogen (secondary N) is 2. The van der Waals surface area contributed by atoms with Gasteiger partial charge in [-0.3, -0.25) is 30.6 Å². The van der Waals surface area contributed by atoms with Crippen LogP contribution in [0, 0.1) is 24.0 Å². The minimum atomic E-state index is -0.884. The number of ether oxygens (including phenoxy) is 3. The van der Waals surface area contributed by atoms with Gasteiger partial charge in [0, 0.05) is 6.07 Å². The summed E-state index contributed by atoms with van der Waals surface area (Å²) in [5, 5.41) is 11.3. The number of benzene rings is 2. The van der Waals surface area contributed by atoms with Gasteiger partial charge in [-0.25, -0.2) is 0 Å². The molecule has 0 aliphatic heterocycles. The Hall–Kier alpha value is -3.82. The summed E-state index contributed by atoms with van der Waals surface area (Å²) < 4.78 is 15.8. The SMILES string of the molecule is CCOc1cc(C(=O)NNC(=O)COc2ccc(C)c(C)c2)c([N+](=O)[O-])cc1OC. The molecule has 30 heavy (non-hydrogen) atoms. The van der Waals surface area contributed by atoms with Gasteiger partial charge in [0.25, 0.3) is 17.5 Å². The molecule has 0 aliphatic rings. The van der Waals surface area contributed by atoms with Gasteiger partial charge in [-0.05, 0) is 44.0 Å². The molecule has 0 atom stereocenters. The van der Waals surface area contributed by atoms with E-state index in [0.717, 1.165) is 17.2 Å². The summed E-state index contributed by atoms with van der Waals surface area (Å²) in [6.45, 7) is 5.51. The maximum atomic E-state index is 12.4. The molecule has 2 aromatic carbocycles. The van der Waals surface area contributed by atoms with Crippen LogP contribution >= 0.6 is 0 Å². The number of nitro groups is 1. The van der Waals surface area contributed by atoms with Crippen molar-refractivity contribution in [2.45, 2.75) is 20.8 Å². The fourth-order valence-electron chi connectivity index (χ4n) is 2.49. The molecule has 0 fully saturated rings. The smallest absolute Gasteiger partial charge is 0.286 e. The van der Waals surface area contributed by atoms with Gasteiger partial charge >= 0.3 is 0 Å². The van der Waals surface area contributed by atoms with Crippen LogP contribution in [0.1, 0.15) is 28.4 Å². The summed E-state index contributed by atoms with van der Waals surface area (Å²) >= 11 is 0. The van der Waals surface area contributed by atoms with E-state index < -0.39 is 22.4 Å². The highest BCUT2D eigenvalue weighted by Gasteiger charge is 2.25. The summed E-state index contributed by atoms with van der Waals surface area (Å²) in [6.07, 6.45) is 0. The first-order chi connectivity index (χ1) is 14.3. The average Bonchev–Trinajstić information content (AvgIpc) is 2.72. The Bertz CT molecular complexity index is 960. The van der Waals surface area contributed by atoms with Gasteiger partial charge in [0.15, 0.2) is 18.1 Å². The Morgan fingerprint density at radius 2 is 1.77 bits per heavy atom. The Labute approximate surface area is 173 Å². The zero-order chi connectivity index (χ0) is 22.3. The van der Waals surface area contributed by atoms with E-state index in [2.05, 4.69) is 10.9 Å². The molecule has 0 saturated heterocycles. The van der Waals surface area contributed by atoms with Crippen molar-refractivity contribution in [2.75, 3.05) is 20.3 Å². The average molecular weight is 417 g/mol. The molecule has 160 valence electrons. The van der Waals surface area contributed by atoms with Crippen molar-refractivity contribution in [3.8, 4) is 17.2 Å². The van der Waals surface area contributed by atoms with Gasteiger partial charge in [-0.1, -0.05) is 6.07 Å². The van der Waals surface area contributed by atoms with Crippen LogP contribution in [0.2, 0.25) is 0 Å². The number of carbonyl (C=O) groups excluding carboxylic acids is 2. The molecule has 10 heteroatoms. The fourth-order valence-corrected chi connectivity index (χ4v) is 2.49. The topological polar surface area (TPSA) is 129 Å². The fraction of sp³-hybridized carbons (Fsp3) is 0.300. The second kappa shape index (κ2) is 10.1. The molecule has 0 saturated carbocycles. The van der Waals surface area contributed by atoms with Crippen molar-refractivity contribution in [1.82, 2.24) is 10.9 Å². The number of hydrogen-bond donors (Lipinski definition) is 2. The number of rotatable bonds is 8. The van der Waals surface area contributed by atoms with E-state index in [4.69, 9.17) is 14.2 Å². The first kappa shape index (κ1) is 22.5. The summed E-state index contributed by atoms with van der Waals surface area (Å²) in [7, 11) is 1.33. The molecule has 2 rings (SSSR count). The highest BCUT2D eigenvalue weighted by atomic mass is 16.6. The van der Waals surface area contributed by atoms with Crippen LogP contribution < -0.4 is 25.1 Å². The molecule has 0 bridgehead atoms. The third-order valence-electron chi connectivity index (χ3n) is 4.19. The van der Waals surface area contributed by atoms with Crippen LogP contribution in [0.4, 0.5) is 5.69 Å². The summed E-state index contributed by atoms with van der Waals surface area (Å²) in [5.41, 5.74) is 5.62. The van der Waals surface area contributed by atoms with Crippen LogP contribution in [0.15, 0.2) is 30.3 Å². The normalized spacial score (nSPS) is 10.1. The van der Waals surface area contributed by atoms with Crippen molar-refractivity contribution in [3.05, 3.63) is 57.1 Å². The molecule has 2 amide bonds. The quantitative estimate of drug-likeness (QED) is 0.498. The zero-order valence-electron chi connectivity index (χ0n) is 17.1. The standard InChI is InChI=1S/C20H23N3O7/c1-5-29-18-9-15(16(23(26)27)10-17(18)28-4)20(25)22-21-19(24)11-30-14-7-6-12(2)13(3)8-14/h6-10H,5,11H2,1-4H3,(H,21,24)(H,22,25). The van der Waals surface area contributed by atoms with Gasteiger partial charge in [-0.2, -0.15) is 0 Å². The number of nitrogens with zero attached hydrogens (tertiary/aromatic N) is 1. The lowest BCUT2D eigenvalue weighted by molar-refractivity contribution is -0.385. The first-order valence-corrected chi connectivity index (χ1v) is 9.05. The summed E-state index contributed by atoms with van der Waals surface area (Å²) in [6, 6.07) is 7.66. The van der Waals surface area contributed by atoms with Crippen molar-refractivity contribution in [1.29, 1.82) is 0 Å². The molecule has 2 N–H and O–H groups in total. The lowest BCUT2D eigenvalue weighted by Crippen LogP contribution is -2.44. The monoisotopic (exact) mass is 417 g/mol. The number of methoxy groups -OCH3 is 1. The molecule has 10 nitrogen and oxygen atoms in total. The maximum Gasteiger partial charge on any atom is 0.286 e. The Morgan fingerprint density at radius 3 is 2.37 bits per heavy atom. The van der Waals surface area contributed by atoms with Crippen LogP contribution in [0.3, 0.4) is 0 Å². The number of hydrogen-bond acceptors (Lipinski definition) is 7. The van der Waals surface area contributed by atoms with Gasteiger partial charge in [-0.15, -0.1) is 0 Å². The Morgan fingerprint density at radius 1 is 1.03 bits per heavy atom. The molecular formula is C20H23N3O7. The lowest BCUT2D eigenvalue weighted by Gasteiger charge is -2.13. The van der Waals surface area contributed by atoms with E-state index in [0.29, 0.717) is 5.75 Å². The van der Waals surface area contributed by atoms with Crippen LogP contribution in [0.25, 0.3) is 0 Å². The summed E-state index contributed by atoms with van der Waals surface area (Å²) in [4.78, 5) is 35.0. The third kappa shape index (κ3) is 5.60. The predicted octanol–water partition coefficient (Wildman–Crippen LogP) is 2.46. The molecular weight excluding hydrogens is 394 g/mol. The molecule has 0 unspecified atom stereocenters. The summed E-state index contributed by atoms with van der Waals surface area (Å²) in [5.74, 6) is -0.731. The number of hydrazine groups is 1. The molecule has 0 aliphatic carbocycles. The van der Waals surface area contributed by atoms with E-state index in [1.54, 1.807) is 19.1 Å². The second-order valence-corrected chi connectivity index (χ2v) is 6.25. The van der Waals surface area contributed by atoms with Gasteiger partial charge in [0.05, 0.1) is 24.7 Å². The molecule has 0 heterocycles. The van der Waals surface area contributed by atoms with Crippen LogP contribution in [0.5, 0.6) is 17.2 Å². The van der Waals surface area contributed by atoms with E-state index in [9.17, 15) is 19.7 Å². The van der Waals surface area contributed by atoms with Crippen molar-refractivity contribution >= 4 is 17.5 Å². The number of amides is 2. The lowest BCUT2D eigenvalue weighted by atomic mass is 10.1. The zero-order valence-corrected chi connectivity index (χ0v) is 17.1. The van der Waals surface area contributed by atoms with E-state index >= 15 is 0 Å². The predicted molar refractivity (Wildman–Crippen MR) is 108 cm³/mol. The van der Waals surface area contributed by atoms with E-state index in [-0.39, 0.29) is 30.3 Å². The minimum Gasteiger partial charge on any atom is -0.493 e. The molecule has 0 spiro atoms. The second-order valence-electron chi connectivity index (χ2n) is 6.25. The molecule has 0 radical (unpaired) electrons. The van der Waals surface area contributed by atoms with Crippen molar-refractivity contribution in [3.63, 3.8) is 0 Å². The minimum absolute atomic E-state index is 0.117. The maximum absolute atomic E-state index is 12.4. The number of nitro benzene ring substituents is 1. The Balaban J connectivity index is 2.05. The Kier molecular flexibility index (Phi) is 7.56. The van der Waals surface area contributed by atoms with Gasteiger partial charge < -0.3 is 14.2 Å². The van der Waals surface area contributed by atoms with E-state index in [1.165, 1.54) is 13.2 Å².